The molecule has 2 nitrogen and oxygen atoms in total. The molecule has 2 heteroatoms. The van der Waals surface area contributed by atoms with Crippen LogP contribution in [-0.2, 0) is 0 Å². The third-order valence-electron chi connectivity index (χ3n) is 3.04. The highest BCUT2D eigenvalue weighted by Crippen LogP contribution is 2.35. The smallest absolute Gasteiger partial charge is 0.0412 e. The first kappa shape index (κ1) is 9.53. The Morgan fingerprint density at radius 2 is 2.29 bits per heavy atom. The van der Waals surface area contributed by atoms with E-state index in [0.29, 0.717) is 6.54 Å². The summed E-state index contributed by atoms with van der Waals surface area (Å²) >= 11 is 0. The number of hydrogen-bond acceptors (Lipinski definition) is 1. The second-order valence-electron chi connectivity index (χ2n) is 3.96. The van der Waals surface area contributed by atoms with Crippen molar-refractivity contribution >= 4 is 5.57 Å². The van der Waals surface area contributed by atoms with Gasteiger partial charge in [0.2, 0.25) is 0 Å². The van der Waals surface area contributed by atoms with Crippen LogP contribution in [0.25, 0.3) is 5.57 Å². The van der Waals surface area contributed by atoms with E-state index in [4.69, 9.17) is 5.73 Å². The average Bonchev–Trinajstić information content (AvgIpc) is 2.87. The minimum absolute atomic E-state index is 0.644. The van der Waals surface area contributed by atoms with Gasteiger partial charge in [-0.25, -0.2) is 0 Å². The van der Waals surface area contributed by atoms with Gasteiger partial charge in [-0.15, -0.1) is 0 Å². The molecule has 3 N–H and O–H groups in total. The van der Waals surface area contributed by atoms with E-state index in [2.05, 4.69) is 23.2 Å². The molecule has 0 radical (unpaired) electrons. The van der Waals surface area contributed by atoms with E-state index in [0.717, 1.165) is 5.92 Å². The minimum atomic E-state index is 0.644. The first-order valence-electron chi connectivity index (χ1n) is 5.45. The molecule has 0 spiro atoms. The van der Waals surface area contributed by atoms with Gasteiger partial charge in [-0.05, 0) is 36.5 Å². The summed E-state index contributed by atoms with van der Waals surface area (Å²) in [7, 11) is 0. The van der Waals surface area contributed by atoms with Crippen molar-refractivity contribution in [1.29, 1.82) is 0 Å². The number of aromatic amines is 1. The Balaban J connectivity index is 2.19. The zero-order chi connectivity index (χ0) is 9.80. The number of aromatic nitrogens is 1. The van der Waals surface area contributed by atoms with Crippen molar-refractivity contribution in [2.24, 2.45) is 11.7 Å². The number of nitrogens with one attached hydrogen (secondary N) is 1. The first-order valence-corrected chi connectivity index (χ1v) is 5.45. The molecule has 0 atom stereocenters. The van der Waals surface area contributed by atoms with Crippen LogP contribution in [0.2, 0.25) is 0 Å². The Bertz CT molecular complexity index is 292. The van der Waals surface area contributed by atoms with Crippen LogP contribution in [0.5, 0.6) is 0 Å². The molecule has 0 amide bonds. The fourth-order valence-electron chi connectivity index (χ4n) is 2.37. The molecule has 1 aliphatic rings. The lowest BCUT2D eigenvalue weighted by Gasteiger charge is -2.13. The standard InChI is InChI=1S/C12H18N2/c13-8-7-11(10-4-1-2-5-10)12-6-3-9-14-12/h3,6-7,9-10,14H,1-2,4-5,8,13H2/b11-7-. The molecule has 0 bridgehead atoms. The highest BCUT2D eigenvalue weighted by atomic mass is 14.7. The van der Waals surface area contributed by atoms with Crippen molar-refractivity contribution in [2.45, 2.75) is 25.7 Å². The number of H-pyrrole nitrogens is 1. The van der Waals surface area contributed by atoms with Crippen molar-refractivity contribution in [1.82, 2.24) is 4.98 Å². The second kappa shape index (κ2) is 4.47. The van der Waals surface area contributed by atoms with Gasteiger partial charge in [0, 0.05) is 18.4 Å². The summed E-state index contributed by atoms with van der Waals surface area (Å²) in [6, 6.07) is 4.19. The summed E-state index contributed by atoms with van der Waals surface area (Å²) in [5.74, 6) is 0.734. The summed E-state index contributed by atoms with van der Waals surface area (Å²) in [5, 5.41) is 0. The lowest BCUT2D eigenvalue weighted by molar-refractivity contribution is 0.702. The minimum Gasteiger partial charge on any atom is -0.361 e. The molecule has 1 saturated carbocycles. The highest BCUT2D eigenvalue weighted by Gasteiger charge is 2.20. The van der Waals surface area contributed by atoms with E-state index in [-0.39, 0.29) is 0 Å². The van der Waals surface area contributed by atoms with Crippen LogP contribution < -0.4 is 5.73 Å². The molecule has 2 rings (SSSR count). The average molecular weight is 190 g/mol. The maximum atomic E-state index is 5.61. The molecule has 0 aliphatic heterocycles. The van der Waals surface area contributed by atoms with Gasteiger partial charge in [0.25, 0.3) is 0 Å². The van der Waals surface area contributed by atoms with Gasteiger partial charge < -0.3 is 10.7 Å². The number of nitrogens with two attached hydrogens (primary N) is 1. The van der Waals surface area contributed by atoms with Crippen molar-refractivity contribution in [3.63, 3.8) is 0 Å². The Morgan fingerprint density at radius 1 is 1.50 bits per heavy atom. The van der Waals surface area contributed by atoms with E-state index in [1.54, 1.807) is 0 Å². The van der Waals surface area contributed by atoms with Crippen LogP contribution in [0.15, 0.2) is 24.4 Å². The van der Waals surface area contributed by atoms with Crippen molar-refractivity contribution in [3.8, 4) is 0 Å². The lowest BCUT2D eigenvalue weighted by atomic mass is 9.94. The summed E-state index contributed by atoms with van der Waals surface area (Å²) < 4.78 is 0. The maximum absolute atomic E-state index is 5.61. The topological polar surface area (TPSA) is 41.8 Å². The largest absolute Gasteiger partial charge is 0.361 e. The predicted molar refractivity (Wildman–Crippen MR) is 59.8 cm³/mol. The number of rotatable bonds is 3. The Labute approximate surface area is 85.2 Å². The zero-order valence-corrected chi connectivity index (χ0v) is 8.50. The first-order chi connectivity index (χ1) is 6.92. The van der Waals surface area contributed by atoms with Crippen LogP contribution in [0.3, 0.4) is 0 Å². The quantitative estimate of drug-likeness (QED) is 0.755. The second-order valence-corrected chi connectivity index (χ2v) is 3.96. The van der Waals surface area contributed by atoms with Gasteiger partial charge in [0.05, 0.1) is 0 Å². The molecule has 1 aromatic heterocycles. The van der Waals surface area contributed by atoms with Crippen LogP contribution >= 0.6 is 0 Å². The molecular formula is C12H18N2. The summed E-state index contributed by atoms with van der Waals surface area (Å²) in [4.78, 5) is 3.28. The molecule has 0 saturated heterocycles. The van der Waals surface area contributed by atoms with E-state index < -0.39 is 0 Å². The van der Waals surface area contributed by atoms with Gasteiger partial charge in [0.1, 0.15) is 0 Å². The number of allylic oxidation sites excluding steroid dienone is 1. The fraction of sp³-hybridized carbons (Fsp3) is 0.500. The molecule has 0 unspecified atom stereocenters. The van der Waals surface area contributed by atoms with E-state index in [1.165, 1.54) is 37.0 Å². The molecule has 14 heavy (non-hydrogen) atoms. The SMILES string of the molecule is NC/C=C(\c1ccc[nH]1)C1CCCC1. The normalized spacial score (nSPS) is 19.1. The number of hydrogen-bond donors (Lipinski definition) is 2. The van der Waals surface area contributed by atoms with Crippen LogP contribution in [-0.4, -0.2) is 11.5 Å². The highest BCUT2D eigenvalue weighted by molar-refractivity contribution is 5.65. The van der Waals surface area contributed by atoms with Crippen molar-refractivity contribution in [3.05, 3.63) is 30.1 Å². The lowest BCUT2D eigenvalue weighted by Crippen LogP contribution is -2.03. The molecular weight excluding hydrogens is 172 g/mol. The van der Waals surface area contributed by atoms with Gasteiger partial charge in [-0.1, -0.05) is 18.9 Å². The fourth-order valence-corrected chi connectivity index (χ4v) is 2.37. The van der Waals surface area contributed by atoms with Gasteiger partial charge in [-0.3, -0.25) is 0 Å². The maximum Gasteiger partial charge on any atom is 0.0412 e. The van der Waals surface area contributed by atoms with Crippen LogP contribution in [0.1, 0.15) is 31.4 Å². The van der Waals surface area contributed by atoms with Gasteiger partial charge in [0.15, 0.2) is 0 Å². The molecule has 1 aromatic rings. The summed E-state index contributed by atoms with van der Waals surface area (Å²) in [6.45, 7) is 0.644. The Morgan fingerprint density at radius 3 is 2.86 bits per heavy atom. The molecule has 76 valence electrons. The Kier molecular flexibility index (Phi) is 3.04. The van der Waals surface area contributed by atoms with E-state index in [1.807, 2.05) is 6.20 Å². The third kappa shape index (κ3) is 1.90. The molecule has 0 aromatic carbocycles. The van der Waals surface area contributed by atoms with Crippen molar-refractivity contribution < 1.29 is 0 Å². The van der Waals surface area contributed by atoms with Crippen molar-refractivity contribution in [2.75, 3.05) is 6.54 Å². The molecule has 1 aliphatic carbocycles. The van der Waals surface area contributed by atoms with Gasteiger partial charge in [-0.2, -0.15) is 0 Å². The Hall–Kier alpha value is -1.02. The van der Waals surface area contributed by atoms with E-state index in [9.17, 15) is 0 Å². The van der Waals surface area contributed by atoms with Crippen LogP contribution in [0, 0.1) is 5.92 Å². The predicted octanol–water partition coefficient (Wildman–Crippen LogP) is 2.55. The molecule has 1 heterocycles. The van der Waals surface area contributed by atoms with Crippen LogP contribution in [0.4, 0.5) is 0 Å². The summed E-state index contributed by atoms with van der Waals surface area (Å²) in [6.07, 6.45) is 9.53. The monoisotopic (exact) mass is 190 g/mol. The van der Waals surface area contributed by atoms with Gasteiger partial charge >= 0.3 is 0 Å². The zero-order valence-electron chi connectivity index (χ0n) is 8.50. The third-order valence-corrected chi connectivity index (χ3v) is 3.04. The molecule has 1 fully saturated rings. The van der Waals surface area contributed by atoms with E-state index >= 15 is 0 Å². The summed E-state index contributed by atoms with van der Waals surface area (Å²) in [5.41, 5.74) is 8.29.